The van der Waals surface area contributed by atoms with Crippen molar-refractivity contribution in [3.05, 3.63) is 0 Å². The normalized spacial score (nSPS) is 22.3. The van der Waals surface area contributed by atoms with Crippen molar-refractivity contribution in [2.75, 3.05) is 26.4 Å². The minimum atomic E-state index is -3.98. The van der Waals surface area contributed by atoms with Crippen LogP contribution in [0.5, 0.6) is 0 Å². The Morgan fingerprint density at radius 1 is 1.15 bits per heavy atom. The van der Waals surface area contributed by atoms with Gasteiger partial charge in [-0.15, -0.1) is 0 Å². The van der Waals surface area contributed by atoms with Gasteiger partial charge in [0.1, 0.15) is 12.7 Å². The van der Waals surface area contributed by atoms with Gasteiger partial charge in [-0.1, -0.05) is 0 Å². The summed E-state index contributed by atoms with van der Waals surface area (Å²) >= 11 is 0. The van der Waals surface area contributed by atoms with Crippen LogP contribution in [0.1, 0.15) is 41.5 Å². The van der Waals surface area contributed by atoms with Crippen LogP contribution in [0.15, 0.2) is 0 Å². The summed E-state index contributed by atoms with van der Waals surface area (Å²) in [5.41, 5.74) is 0. The highest BCUT2D eigenvalue weighted by atomic mass is 31.2. The van der Waals surface area contributed by atoms with Gasteiger partial charge in [0.15, 0.2) is 11.9 Å². The Bertz CT molecular complexity index is 547. The van der Waals surface area contributed by atoms with Crippen molar-refractivity contribution in [1.29, 1.82) is 0 Å². The molecule has 11 heteroatoms. The van der Waals surface area contributed by atoms with E-state index >= 15 is 0 Å². The molecule has 1 heterocycles. The molecular weight excluding hydrogens is 383 g/mol. The van der Waals surface area contributed by atoms with Gasteiger partial charge in [-0.2, -0.15) is 0 Å². The Morgan fingerprint density at radius 2 is 1.81 bits per heavy atom. The molecule has 27 heavy (non-hydrogen) atoms. The van der Waals surface area contributed by atoms with Crippen molar-refractivity contribution in [1.82, 2.24) is 0 Å². The molecule has 1 aliphatic heterocycles. The lowest BCUT2D eigenvalue weighted by Crippen LogP contribution is -2.29. The van der Waals surface area contributed by atoms with E-state index in [2.05, 4.69) is 0 Å². The molecule has 1 saturated heterocycles. The molecule has 0 radical (unpaired) electrons. The van der Waals surface area contributed by atoms with Gasteiger partial charge < -0.3 is 18.9 Å². The van der Waals surface area contributed by atoms with Crippen LogP contribution in [0.2, 0.25) is 0 Å². The predicted molar refractivity (Wildman–Crippen MR) is 92.8 cm³/mol. The average Bonchev–Trinajstić information content (AvgIpc) is 2.86. The standard InChI is InChI=1S/C16H29O10P/c1-11(2)26-27(19,23-10-15-8-21-16(5,6)25-15)22-9-14(24-13(4)18)7-20-12(3)17/h11,14-15H,7-10H2,1-6H3/t14-,15?,27?/m1/s1. The molecule has 10 nitrogen and oxygen atoms in total. The van der Waals surface area contributed by atoms with Crippen molar-refractivity contribution in [2.24, 2.45) is 0 Å². The maximum atomic E-state index is 12.9. The Labute approximate surface area is 159 Å². The molecule has 0 aliphatic carbocycles. The Hall–Kier alpha value is -1.03. The van der Waals surface area contributed by atoms with Crippen LogP contribution in [0.4, 0.5) is 0 Å². The minimum absolute atomic E-state index is 0.0738. The summed E-state index contributed by atoms with van der Waals surface area (Å²) < 4.78 is 49.6. The first kappa shape index (κ1) is 24.0. The Balaban J connectivity index is 2.65. The molecule has 0 amide bonds. The summed E-state index contributed by atoms with van der Waals surface area (Å²) in [7, 11) is -3.98. The molecule has 0 bridgehead atoms. The lowest BCUT2D eigenvalue weighted by Gasteiger charge is -2.24. The predicted octanol–water partition coefficient (Wildman–Crippen LogP) is 2.20. The maximum absolute atomic E-state index is 12.9. The fraction of sp³-hybridized carbons (Fsp3) is 0.875. The summed E-state index contributed by atoms with van der Waals surface area (Å²) in [6.07, 6.45) is -1.84. The molecule has 3 atom stereocenters. The van der Waals surface area contributed by atoms with Gasteiger partial charge in [0.25, 0.3) is 0 Å². The number of ether oxygens (including phenoxy) is 4. The van der Waals surface area contributed by atoms with Gasteiger partial charge in [0.2, 0.25) is 0 Å². The number of carbonyl (C=O) groups excluding carboxylic acids is 2. The monoisotopic (exact) mass is 412 g/mol. The highest BCUT2D eigenvalue weighted by Gasteiger charge is 2.37. The summed E-state index contributed by atoms with van der Waals surface area (Å²) in [5.74, 6) is -1.90. The quantitative estimate of drug-likeness (QED) is 0.369. The van der Waals surface area contributed by atoms with Crippen molar-refractivity contribution in [2.45, 2.75) is 65.6 Å². The third kappa shape index (κ3) is 10.2. The largest absolute Gasteiger partial charge is 0.475 e. The second-order valence-electron chi connectivity index (χ2n) is 6.68. The van der Waals surface area contributed by atoms with Crippen molar-refractivity contribution in [3.8, 4) is 0 Å². The molecular formula is C16H29O10P. The molecule has 1 fully saturated rings. The molecule has 1 rings (SSSR count). The third-order valence-corrected chi connectivity index (χ3v) is 4.66. The third-order valence-electron chi connectivity index (χ3n) is 3.05. The van der Waals surface area contributed by atoms with E-state index in [1.165, 1.54) is 13.8 Å². The first-order chi connectivity index (χ1) is 12.4. The smallest absolute Gasteiger partial charge is 0.462 e. The second kappa shape index (κ2) is 10.5. The SMILES string of the molecule is CC(=O)OC[C@H](COP(=O)(OCC1COC(C)(C)O1)OC(C)C)OC(C)=O. The zero-order valence-corrected chi connectivity index (χ0v) is 17.5. The lowest BCUT2D eigenvalue weighted by atomic mass is 10.4. The first-order valence-electron chi connectivity index (χ1n) is 8.60. The highest BCUT2D eigenvalue weighted by Crippen LogP contribution is 2.51. The Kier molecular flexibility index (Phi) is 9.33. The molecule has 0 saturated carbocycles. The van der Waals surface area contributed by atoms with Crippen molar-refractivity contribution < 1.29 is 46.7 Å². The molecule has 0 spiro atoms. The van der Waals surface area contributed by atoms with Crippen LogP contribution in [0, 0.1) is 0 Å². The van der Waals surface area contributed by atoms with Crippen LogP contribution in [0.3, 0.4) is 0 Å². The number of hydrogen-bond acceptors (Lipinski definition) is 10. The summed E-state index contributed by atoms with van der Waals surface area (Å²) in [6, 6.07) is 0. The van der Waals surface area contributed by atoms with Gasteiger partial charge in [0, 0.05) is 13.8 Å². The van der Waals surface area contributed by atoms with E-state index < -0.39 is 43.9 Å². The van der Waals surface area contributed by atoms with E-state index in [9.17, 15) is 14.2 Å². The maximum Gasteiger partial charge on any atom is 0.475 e. The van der Waals surface area contributed by atoms with E-state index in [4.69, 9.17) is 32.5 Å². The number of esters is 2. The van der Waals surface area contributed by atoms with Crippen LogP contribution in [-0.2, 0) is 46.7 Å². The molecule has 0 aromatic rings. The van der Waals surface area contributed by atoms with Crippen LogP contribution in [-0.4, -0.2) is 62.5 Å². The minimum Gasteiger partial charge on any atom is -0.462 e. The van der Waals surface area contributed by atoms with Crippen molar-refractivity contribution >= 4 is 19.8 Å². The number of rotatable bonds is 11. The topological polar surface area (TPSA) is 116 Å². The molecule has 0 N–H and O–H groups in total. The summed E-state index contributed by atoms with van der Waals surface area (Å²) in [5, 5.41) is 0. The zero-order valence-electron chi connectivity index (χ0n) is 16.6. The number of hydrogen-bond donors (Lipinski definition) is 0. The van der Waals surface area contributed by atoms with Crippen LogP contribution in [0.25, 0.3) is 0 Å². The van der Waals surface area contributed by atoms with E-state index in [1.807, 2.05) is 0 Å². The summed E-state index contributed by atoms with van der Waals surface area (Å²) in [4.78, 5) is 22.1. The van der Waals surface area contributed by atoms with Crippen LogP contribution < -0.4 is 0 Å². The number of carbonyl (C=O) groups is 2. The Morgan fingerprint density at radius 3 is 2.30 bits per heavy atom. The van der Waals surface area contributed by atoms with E-state index in [1.54, 1.807) is 27.7 Å². The first-order valence-corrected chi connectivity index (χ1v) is 10.1. The van der Waals surface area contributed by atoms with E-state index in [0.717, 1.165) is 0 Å². The second-order valence-corrected chi connectivity index (χ2v) is 8.30. The van der Waals surface area contributed by atoms with Gasteiger partial charge in [0.05, 0.1) is 25.9 Å². The van der Waals surface area contributed by atoms with Crippen LogP contribution >= 0.6 is 7.82 Å². The van der Waals surface area contributed by atoms with Crippen molar-refractivity contribution in [3.63, 3.8) is 0 Å². The summed E-state index contributed by atoms with van der Waals surface area (Å²) in [6.45, 7) is 8.87. The van der Waals surface area contributed by atoms with E-state index in [0.29, 0.717) is 0 Å². The number of phosphoric acid groups is 1. The van der Waals surface area contributed by atoms with Gasteiger partial charge >= 0.3 is 19.8 Å². The molecule has 158 valence electrons. The lowest BCUT2D eigenvalue weighted by molar-refractivity contribution is -0.158. The highest BCUT2D eigenvalue weighted by molar-refractivity contribution is 7.48. The molecule has 0 aromatic carbocycles. The van der Waals surface area contributed by atoms with E-state index in [-0.39, 0.29) is 26.4 Å². The molecule has 0 aromatic heterocycles. The molecule has 2 unspecified atom stereocenters. The fourth-order valence-electron chi connectivity index (χ4n) is 2.11. The van der Waals surface area contributed by atoms with Gasteiger partial charge in [-0.05, 0) is 27.7 Å². The molecule has 1 aliphatic rings. The zero-order chi connectivity index (χ0) is 20.7. The van der Waals surface area contributed by atoms with Gasteiger partial charge in [-0.3, -0.25) is 23.2 Å². The van der Waals surface area contributed by atoms with Gasteiger partial charge in [-0.25, -0.2) is 4.57 Å². The number of phosphoric ester groups is 1. The fourth-order valence-corrected chi connectivity index (χ4v) is 3.52. The average molecular weight is 412 g/mol.